The van der Waals surface area contributed by atoms with Gasteiger partial charge < -0.3 is 4.57 Å². The van der Waals surface area contributed by atoms with Gasteiger partial charge in [-0.25, -0.2) is 4.98 Å². The normalized spacial score (nSPS) is 12.9. The Morgan fingerprint density at radius 1 is 1.38 bits per heavy atom. The highest BCUT2D eigenvalue weighted by molar-refractivity contribution is 7.92. The molecule has 0 saturated carbocycles. The first-order valence-corrected chi connectivity index (χ1v) is 7.27. The van der Waals surface area contributed by atoms with E-state index < -0.39 is 27.7 Å². The number of imidazole rings is 1. The molecule has 0 radical (unpaired) electrons. The highest BCUT2D eigenvalue weighted by atomic mass is 32.2. The Morgan fingerprint density at radius 2 is 2.05 bits per heavy atom. The van der Waals surface area contributed by atoms with Crippen LogP contribution in [0.15, 0.2) is 23.6 Å². The minimum absolute atomic E-state index is 0.00339. The largest absolute Gasteiger partial charge is 0.432 e. The lowest BCUT2D eigenvalue weighted by Gasteiger charge is -2.04. The summed E-state index contributed by atoms with van der Waals surface area (Å²) in [5, 5.41) is 4.68. The van der Waals surface area contributed by atoms with Crippen molar-refractivity contribution in [2.75, 3.05) is 4.72 Å². The molecule has 0 aliphatic rings. The summed E-state index contributed by atoms with van der Waals surface area (Å²) in [4.78, 5) is 3.71. The predicted octanol–water partition coefficient (Wildman–Crippen LogP) is 2.01. The van der Waals surface area contributed by atoms with E-state index in [2.05, 4.69) is 10.1 Å². The van der Waals surface area contributed by atoms with Crippen LogP contribution >= 0.6 is 0 Å². The maximum Gasteiger partial charge on any atom is 0.432 e. The van der Waals surface area contributed by atoms with Crippen LogP contribution in [-0.2, 0) is 16.2 Å². The van der Waals surface area contributed by atoms with E-state index in [4.69, 9.17) is 0 Å². The van der Waals surface area contributed by atoms with Crippen LogP contribution in [0.25, 0.3) is 0 Å². The van der Waals surface area contributed by atoms with Gasteiger partial charge in [-0.2, -0.15) is 26.7 Å². The van der Waals surface area contributed by atoms with Crippen molar-refractivity contribution in [1.29, 1.82) is 0 Å². The molecule has 116 valence electrons. The second-order valence-corrected chi connectivity index (χ2v) is 6.15. The van der Waals surface area contributed by atoms with Gasteiger partial charge in [0, 0.05) is 18.3 Å². The zero-order valence-electron chi connectivity index (χ0n) is 11.0. The topological polar surface area (TPSA) is 92.7 Å². The molecule has 21 heavy (non-hydrogen) atoms. The maximum atomic E-state index is 12.4. The van der Waals surface area contributed by atoms with Gasteiger partial charge in [0.15, 0.2) is 10.8 Å². The van der Waals surface area contributed by atoms with Crippen molar-refractivity contribution in [1.82, 2.24) is 19.7 Å². The van der Waals surface area contributed by atoms with Crippen molar-refractivity contribution in [3.8, 4) is 0 Å². The summed E-state index contributed by atoms with van der Waals surface area (Å²) < 4.78 is 64.6. The minimum atomic E-state index is -4.63. The first-order chi connectivity index (χ1) is 9.59. The third-order valence-corrected chi connectivity index (χ3v) is 3.81. The van der Waals surface area contributed by atoms with Crippen LogP contribution in [0.4, 0.5) is 19.0 Å². The van der Waals surface area contributed by atoms with Crippen molar-refractivity contribution in [2.45, 2.75) is 31.1 Å². The fourth-order valence-electron chi connectivity index (χ4n) is 1.45. The van der Waals surface area contributed by atoms with E-state index in [1.807, 2.05) is 18.6 Å². The van der Waals surface area contributed by atoms with E-state index >= 15 is 0 Å². The highest BCUT2D eigenvalue weighted by Crippen LogP contribution is 2.29. The second-order valence-electron chi connectivity index (χ2n) is 4.52. The SMILES string of the molecule is CC(C)n1cnc(S(=O)(=O)Nc2cc(C(F)(F)F)[nH]n2)c1. The van der Waals surface area contributed by atoms with Crippen LogP contribution in [0.3, 0.4) is 0 Å². The molecule has 0 unspecified atom stereocenters. The van der Waals surface area contributed by atoms with Gasteiger partial charge in [-0.3, -0.25) is 9.82 Å². The summed E-state index contributed by atoms with van der Waals surface area (Å²) in [6.45, 7) is 3.66. The molecule has 2 aromatic rings. The lowest BCUT2D eigenvalue weighted by Crippen LogP contribution is -2.13. The van der Waals surface area contributed by atoms with Crippen molar-refractivity contribution in [2.24, 2.45) is 0 Å². The van der Waals surface area contributed by atoms with Crippen molar-refractivity contribution in [3.05, 3.63) is 24.3 Å². The summed E-state index contributed by atoms with van der Waals surface area (Å²) >= 11 is 0. The monoisotopic (exact) mass is 323 g/mol. The number of hydrogen-bond acceptors (Lipinski definition) is 4. The molecular weight excluding hydrogens is 311 g/mol. The first-order valence-electron chi connectivity index (χ1n) is 5.78. The molecule has 11 heteroatoms. The molecule has 0 aromatic carbocycles. The number of anilines is 1. The number of hydrogen-bond donors (Lipinski definition) is 2. The molecule has 0 bridgehead atoms. The zero-order chi connectivity index (χ0) is 15.8. The fraction of sp³-hybridized carbons (Fsp3) is 0.400. The molecule has 0 saturated heterocycles. The Morgan fingerprint density at radius 3 is 2.52 bits per heavy atom. The third kappa shape index (κ3) is 3.35. The van der Waals surface area contributed by atoms with Gasteiger partial charge in [0.05, 0.1) is 6.33 Å². The van der Waals surface area contributed by atoms with E-state index in [-0.39, 0.29) is 11.1 Å². The van der Waals surface area contributed by atoms with Crippen LogP contribution in [-0.4, -0.2) is 28.2 Å². The molecule has 2 heterocycles. The number of aromatic nitrogens is 4. The summed E-state index contributed by atoms with van der Waals surface area (Å²) in [5.74, 6) is -0.457. The van der Waals surface area contributed by atoms with Gasteiger partial charge in [-0.15, -0.1) is 0 Å². The Kier molecular flexibility index (Phi) is 3.70. The molecule has 7 nitrogen and oxygen atoms in total. The summed E-state index contributed by atoms with van der Waals surface area (Å²) in [5.41, 5.74) is -1.15. The quantitative estimate of drug-likeness (QED) is 0.900. The van der Waals surface area contributed by atoms with Crippen LogP contribution in [0.2, 0.25) is 0 Å². The molecule has 0 aliphatic carbocycles. The van der Waals surface area contributed by atoms with E-state index in [9.17, 15) is 21.6 Å². The second kappa shape index (κ2) is 5.06. The zero-order valence-corrected chi connectivity index (χ0v) is 11.8. The molecule has 0 atom stereocenters. The lowest BCUT2D eigenvalue weighted by atomic mass is 10.4. The molecule has 0 aliphatic heterocycles. The van der Waals surface area contributed by atoms with Gasteiger partial charge in [-0.1, -0.05) is 0 Å². The van der Waals surface area contributed by atoms with Gasteiger partial charge in [0.25, 0.3) is 10.0 Å². The Labute approximate surface area is 118 Å². The van der Waals surface area contributed by atoms with Crippen molar-refractivity contribution >= 4 is 15.8 Å². The van der Waals surface area contributed by atoms with Crippen molar-refractivity contribution < 1.29 is 21.6 Å². The molecule has 0 fully saturated rings. The smallest absolute Gasteiger partial charge is 0.334 e. The summed E-state index contributed by atoms with van der Waals surface area (Å²) in [7, 11) is -4.09. The van der Waals surface area contributed by atoms with E-state index in [1.165, 1.54) is 12.5 Å². The molecule has 2 rings (SSSR count). The number of nitrogens with one attached hydrogen (secondary N) is 2. The molecule has 2 aromatic heterocycles. The average molecular weight is 323 g/mol. The van der Waals surface area contributed by atoms with Crippen LogP contribution in [0.1, 0.15) is 25.6 Å². The van der Waals surface area contributed by atoms with Crippen LogP contribution < -0.4 is 4.72 Å². The number of nitrogens with zero attached hydrogens (tertiary/aromatic N) is 3. The van der Waals surface area contributed by atoms with E-state index in [0.717, 1.165) is 0 Å². The number of H-pyrrole nitrogens is 1. The molecule has 0 amide bonds. The van der Waals surface area contributed by atoms with Gasteiger partial charge in [0.1, 0.15) is 5.69 Å². The Balaban J connectivity index is 2.23. The van der Waals surface area contributed by atoms with E-state index in [0.29, 0.717) is 6.07 Å². The fourth-order valence-corrected chi connectivity index (χ4v) is 2.38. The number of aromatic amines is 1. The van der Waals surface area contributed by atoms with E-state index in [1.54, 1.807) is 9.67 Å². The van der Waals surface area contributed by atoms with Crippen LogP contribution in [0, 0.1) is 0 Å². The predicted molar refractivity (Wildman–Crippen MR) is 67.0 cm³/mol. The maximum absolute atomic E-state index is 12.4. The average Bonchev–Trinajstić information content (AvgIpc) is 2.94. The Bertz CT molecular complexity index is 732. The molecular formula is C10H12F3N5O2S. The van der Waals surface area contributed by atoms with Crippen molar-refractivity contribution in [3.63, 3.8) is 0 Å². The third-order valence-electron chi connectivity index (χ3n) is 2.57. The standard InChI is InChI=1S/C10H12F3N5O2S/c1-6(2)18-4-9(14-5-18)21(19,20)17-8-3-7(15-16-8)10(11,12)13/h3-6H,1-2H3,(H2,15,16,17). The molecule has 0 spiro atoms. The highest BCUT2D eigenvalue weighted by Gasteiger charge is 2.33. The lowest BCUT2D eigenvalue weighted by molar-refractivity contribution is -0.141. The Hall–Kier alpha value is -2.04. The summed E-state index contributed by atoms with van der Waals surface area (Å²) in [6, 6.07) is 0.570. The number of sulfonamides is 1. The number of alkyl halides is 3. The molecule has 2 N–H and O–H groups in total. The first kappa shape index (κ1) is 15.4. The summed E-state index contributed by atoms with van der Waals surface area (Å²) in [6.07, 6.45) is -2.02. The van der Waals surface area contributed by atoms with Crippen LogP contribution in [0.5, 0.6) is 0 Å². The number of rotatable bonds is 4. The minimum Gasteiger partial charge on any atom is -0.334 e. The van der Waals surface area contributed by atoms with Gasteiger partial charge in [-0.05, 0) is 13.8 Å². The number of halogens is 3. The van der Waals surface area contributed by atoms with Gasteiger partial charge in [0.2, 0.25) is 0 Å². The van der Waals surface area contributed by atoms with Gasteiger partial charge >= 0.3 is 6.18 Å².